The molecule has 5 rings (SSSR count). The third-order valence-electron chi connectivity index (χ3n) is 9.33. The second-order valence-corrected chi connectivity index (χ2v) is 12.0. The minimum absolute atomic E-state index is 0.0327. The number of alkyl halides is 4. The second kappa shape index (κ2) is 10.1. The Bertz CT molecular complexity index is 1270. The second-order valence-electron chi connectivity index (χ2n) is 11.6. The van der Waals surface area contributed by atoms with Crippen molar-refractivity contribution in [3.8, 4) is 0 Å². The number of carboxylic acid groups (broad SMARTS) is 1. The molecule has 3 atom stereocenters. The third kappa shape index (κ3) is 4.94. The lowest BCUT2D eigenvalue weighted by Gasteiger charge is -2.45. The van der Waals surface area contributed by atoms with Crippen molar-refractivity contribution in [1.82, 2.24) is 4.90 Å². The summed E-state index contributed by atoms with van der Waals surface area (Å²) in [6, 6.07) is 11.5. The van der Waals surface area contributed by atoms with Gasteiger partial charge >= 0.3 is 12.1 Å². The van der Waals surface area contributed by atoms with Crippen LogP contribution in [-0.2, 0) is 33.5 Å². The number of aliphatic carboxylic acids is 1. The Morgan fingerprint density at radius 3 is 2.36 bits per heavy atom. The van der Waals surface area contributed by atoms with Crippen LogP contribution in [0.15, 0.2) is 42.5 Å². The number of hydrogen-bond donors (Lipinski definition) is 1. The predicted molar refractivity (Wildman–Crippen MR) is 139 cm³/mol. The van der Waals surface area contributed by atoms with Gasteiger partial charge in [0, 0.05) is 28.9 Å². The normalized spacial score (nSPS) is 28.4. The Balaban J connectivity index is 1.50. The Kier molecular flexibility index (Phi) is 7.23. The number of benzene rings is 2. The molecule has 210 valence electrons. The molecule has 3 unspecified atom stereocenters. The molecule has 9 heteroatoms. The Morgan fingerprint density at radius 2 is 1.72 bits per heavy atom. The molecule has 1 saturated heterocycles. The van der Waals surface area contributed by atoms with Crippen molar-refractivity contribution in [3.63, 3.8) is 0 Å². The van der Waals surface area contributed by atoms with Gasteiger partial charge in [-0.05, 0) is 92.7 Å². The van der Waals surface area contributed by atoms with E-state index in [1.807, 2.05) is 23.1 Å². The fourth-order valence-electron chi connectivity index (χ4n) is 7.12. The fourth-order valence-corrected chi connectivity index (χ4v) is 7.33. The molecule has 1 aliphatic heterocycles. The van der Waals surface area contributed by atoms with E-state index in [-0.39, 0.29) is 17.9 Å². The van der Waals surface area contributed by atoms with Crippen molar-refractivity contribution < 1.29 is 32.3 Å². The van der Waals surface area contributed by atoms with E-state index in [2.05, 4.69) is 0 Å². The number of amides is 1. The Morgan fingerprint density at radius 1 is 1.03 bits per heavy atom. The monoisotopic (exact) mass is 565 g/mol. The Hall–Kier alpha value is -2.61. The summed E-state index contributed by atoms with van der Waals surface area (Å²) in [6.07, 6.45) is -0.843. The van der Waals surface area contributed by atoms with Crippen LogP contribution in [0.2, 0.25) is 5.02 Å². The van der Waals surface area contributed by atoms with Crippen LogP contribution in [0.4, 0.5) is 17.6 Å². The summed E-state index contributed by atoms with van der Waals surface area (Å²) in [7, 11) is 0. The van der Waals surface area contributed by atoms with E-state index in [1.54, 1.807) is 12.1 Å². The molecule has 4 nitrogen and oxygen atoms in total. The number of carboxylic acids is 1. The number of carbonyl (C=O) groups is 2. The molecular weight excluding hydrogens is 534 g/mol. The molecule has 0 radical (unpaired) electrons. The summed E-state index contributed by atoms with van der Waals surface area (Å²) in [5.41, 5.74) is -1.90. The van der Waals surface area contributed by atoms with Gasteiger partial charge in [0.05, 0.1) is 5.92 Å². The summed E-state index contributed by atoms with van der Waals surface area (Å²) in [5, 5.41) is 9.91. The summed E-state index contributed by atoms with van der Waals surface area (Å²) >= 11 is 6.28. The molecule has 1 heterocycles. The van der Waals surface area contributed by atoms with Crippen LogP contribution in [0.5, 0.6) is 0 Å². The van der Waals surface area contributed by atoms with Crippen LogP contribution in [0, 0.1) is 11.8 Å². The van der Waals surface area contributed by atoms with Gasteiger partial charge in [-0.3, -0.25) is 9.59 Å². The fraction of sp³-hybridized carbons (Fsp3) is 0.533. The maximum Gasteiger partial charge on any atom is 0.426 e. The van der Waals surface area contributed by atoms with Gasteiger partial charge in [-0.1, -0.05) is 41.9 Å². The van der Waals surface area contributed by atoms with E-state index in [0.717, 1.165) is 11.1 Å². The van der Waals surface area contributed by atoms with Crippen molar-refractivity contribution in [2.75, 3.05) is 6.54 Å². The van der Waals surface area contributed by atoms with Crippen molar-refractivity contribution >= 4 is 23.5 Å². The number of aryl methyl sites for hydroxylation is 1. The topological polar surface area (TPSA) is 57.6 Å². The molecule has 1 N–H and O–H groups in total. The van der Waals surface area contributed by atoms with E-state index < -0.39 is 34.7 Å². The van der Waals surface area contributed by atoms with Crippen LogP contribution >= 0.6 is 11.6 Å². The van der Waals surface area contributed by atoms with Gasteiger partial charge in [-0.2, -0.15) is 13.2 Å². The highest BCUT2D eigenvalue weighted by Gasteiger charge is 2.56. The molecule has 2 aromatic carbocycles. The smallest absolute Gasteiger partial charge is 0.426 e. The van der Waals surface area contributed by atoms with E-state index >= 15 is 0 Å². The van der Waals surface area contributed by atoms with Gasteiger partial charge in [0.2, 0.25) is 11.6 Å². The van der Waals surface area contributed by atoms with Crippen molar-refractivity contribution in [1.29, 1.82) is 0 Å². The van der Waals surface area contributed by atoms with Crippen molar-refractivity contribution in [3.05, 3.63) is 69.7 Å². The van der Waals surface area contributed by atoms with Gasteiger partial charge in [0.15, 0.2) is 0 Å². The first-order chi connectivity index (χ1) is 18.3. The minimum Gasteiger partial charge on any atom is -0.481 e. The van der Waals surface area contributed by atoms with E-state index in [1.165, 1.54) is 12.1 Å². The van der Waals surface area contributed by atoms with Gasteiger partial charge in [-0.25, -0.2) is 4.39 Å². The average Bonchev–Trinajstić information content (AvgIpc) is 3.26. The number of hydrogen-bond acceptors (Lipinski definition) is 2. The zero-order valence-electron chi connectivity index (χ0n) is 21.7. The molecule has 3 aliphatic rings. The highest BCUT2D eigenvalue weighted by atomic mass is 35.5. The first-order valence-electron chi connectivity index (χ1n) is 13.5. The lowest BCUT2D eigenvalue weighted by molar-refractivity contribution is -0.228. The summed E-state index contributed by atoms with van der Waals surface area (Å²) in [5.74, 6) is -1.43. The van der Waals surface area contributed by atoms with Gasteiger partial charge in [0.1, 0.15) is 0 Å². The number of likely N-dealkylation sites (tertiary alicyclic amines) is 1. The van der Waals surface area contributed by atoms with Crippen LogP contribution in [0.25, 0.3) is 0 Å². The highest BCUT2D eigenvalue weighted by Crippen LogP contribution is 2.51. The number of rotatable bonds is 5. The summed E-state index contributed by atoms with van der Waals surface area (Å²) < 4.78 is 55.3. The molecular formula is C30H32ClF4NO3. The maximum absolute atomic E-state index is 14.9. The number of carbonyl (C=O) groups excluding carboxylic acids is 1. The SMILES string of the molecule is CC(F)(c1ccc2c(c1)CCC1N(C(=O)C3CCC(C(=O)O)CC3)CCC21Cc1cccc(Cl)c1)C(F)(F)F. The predicted octanol–water partition coefficient (Wildman–Crippen LogP) is 7.01. The van der Waals surface area contributed by atoms with Crippen molar-refractivity contribution in [2.45, 2.75) is 81.6 Å². The standard InChI is InChI=1S/C30H32ClF4NO3/c1-28(32,30(33,34)35)22-10-11-24-21(16-22)9-12-25-29(24,17-18-3-2-4-23(31)15-18)13-14-36(25)26(37)19-5-7-20(8-6-19)27(38)39/h2-4,10-11,15-16,19-20,25H,5-9,12-14,17H2,1H3,(H,38,39). The molecule has 0 bridgehead atoms. The van der Waals surface area contributed by atoms with Gasteiger partial charge < -0.3 is 10.0 Å². The zero-order chi connectivity index (χ0) is 28.2. The average molecular weight is 566 g/mol. The highest BCUT2D eigenvalue weighted by molar-refractivity contribution is 6.30. The van der Waals surface area contributed by atoms with Crippen LogP contribution in [0.3, 0.4) is 0 Å². The quantitative estimate of drug-likeness (QED) is 0.397. The first-order valence-corrected chi connectivity index (χ1v) is 13.9. The molecule has 2 aromatic rings. The number of nitrogens with zero attached hydrogens (tertiary/aromatic N) is 1. The van der Waals surface area contributed by atoms with E-state index in [9.17, 15) is 32.3 Å². The lowest BCUT2D eigenvalue weighted by Crippen LogP contribution is -2.51. The molecule has 1 amide bonds. The van der Waals surface area contributed by atoms with E-state index in [4.69, 9.17) is 11.6 Å². The lowest BCUT2D eigenvalue weighted by atomic mass is 9.63. The van der Waals surface area contributed by atoms with Crippen LogP contribution in [-0.4, -0.2) is 40.6 Å². The van der Waals surface area contributed by atoms with E-state index in [0.29, 0.717) is 75.4 Å². The first kappa shape index (κ1) is 27.9. The molecule has 0 aromatic heterocycles. The van der Waals surface area contributed by atoms with Gasteiger partial charge in [-0.15, -0.1) is 0 Å². The summed E-state index contributed by atoms with van der Waals surface area (Å²) in [4.78, 5) is 27.1. The third-order valence-corrected chi connectivity index (χ3v) is 9.57. The van der Waals surface area contributed by atoms with Crippen LogP contribution < -0.4 is 0 Å². The zero-order valence-corrected chi connectivity index (χ0v) is 22.5. The molecule has 2 fully saturated rings. The van der Waals surface area contributed by atoms with Crippen LogP contribution in [0.1, 0.15) is 67.7 Å². The minimum atomic E-state index is -5.03. The Labute approximate surface area is 230 Å². The molecule has 0 spiro atoms. The number of halogens is 5. The molecule has 1 saturated carbocycles. The maximum atomic E-state index is 14.9. The largest absolute Gasteiger partial charge is 0.481 e. The molecule has 2 aliphatic carbocycles. The van der Waals surface area contributed by atoms with Gasteiger partial charge in [0.25, 0.3) is 0 Å². The number of fused-ring (bicyclic) bond motifs is 3. The molecule has 39 heavy (non-hydrogen) atoms. The summed E-state index contributed by atoms with van der Waals surface area (Å²) in [6.45, 7) is 1.06. The van der Waals surface area contributed by atoms with Crippen molar-refractivity contribution in [2.24, 2.45) is 11.8 Å².